The van der Waals surface area contributed by atoms with E-state index in [1.54, 1.807) is 20.8 Å². The Morgan fingerprint density at radius 1 is 1.16 bits per heavy atom. The number of carbonyl (C=O) groups is 1. The number of amides is 2. The normalized spacial score (nSPS) is 16.8. The van der Waals surface area contributed by atoms with Gasteiger partial charge in [0, 0.05) is 19.1 Å². The van der Waals surface area contributed by atoms with Crippen LogP contribution in [0, 0.1) is 11.6 Å². The molecule has 0 bridgehead atoms. The third-order valence-electron chi connectivity index (χ3n) is 4.10. The number of benzene rings is 1. The van der Waals surface area contributed by atoms with E-state index in [1.165, 1.54) is 11.0 Å². The van der Waals surface area contributed by atoms with Crippen molar-refractivity contribution in [2.75, 3.05) is 18.4 Å². The molecule has 25 heavy (non-hydrogen) atoms. The molecule has 2 rings (SSSR count). The van der Waals surface area contributed by atoms with Crippen LogP contribution in [-0.4, -0.2) is 43.2 Å². The van der Waals surface area contributed by atoms with Crippen molar-refractivity contribution in [1.29, 1.82) is 0 Å². The highest BCUT2D eigenvalue weighted by molar-refractivity contribution is 7.90. The molecule has 1 aliphatic rings. The molecular formula is C16H23F2N3O3S. The fraction of sp³-hybridized carbons (Fsp3) is 0.562. The number of para-hydroxylation sites is 1. The van der Waals surface area contributed by atoms with Crippen molar-refractivity contribution in [2.45, 2.75) is 44.4 Å². The maximum Gasteiger partial charge on any atom is 0.322 e. The lowest BCUT2D eigenvalue weighted by Gasteiger charge is -2.33. The van der Waals surface area contributed by atoms with Crippen LogP contribution < -0.4 is 10.0 Å². The van der Waals surface area contributed by atoms with E-state index >= 15 is 0 Å². The largest absolute Gasteiger partial charge is 0.324 e. The van der Waals surface area contributed by atoms with E-state index in [2.05, 4.69) is 10.0 Å². The van der Waals surface area contributed by atoms with Crippen molar-refractivity contribution >= 4 is 21.7 Å². The Labute approximate surface area is 146 Å². The molecule has 1 heterocycles. The summed E-state index contributed by atoms with van der Waals surface area (Å²) in [5.41, 5.74) is -0.483. The van der Waals surface area contributed by atoms with E-state index in [0.717, 1.165) is 12.1 Å². The Morgan fingerprint density at radius 3 is 2.16 bits per heavy atom. The molecule has 1 saturated heterocycles. The monoisotopic (exact) mass is 375 g/mol. The van der Waals surface area contributed by atoms with Gasteiger partial charge in [-0.1, -0.05) is 6.07 Å². The van der Waals surface area contributed by atoms with Crippen LogP contribution in [0.2, 0.25) is 0 Å². The van der Waals surface area contributed by atoms with Gasteiger partial charge in [-0.2, -0.15) is 0 Å². The zero-order valence-electron chi connectivity index (χ0n) is 14.5. The molecule has 9 heteroatoms. The van der Waals surface area contributed by atoms with Gasteiger partial charge >= 0.3 is 6.03 Å². The first-order valence-electron chi connectivity index (χ1n) is 8.03. The molecule has 1 aliphatic heterocycles. The summed E-state index contributed by atoms with van der Waals surface area (Å²) < 4.78 is 53.2. The molecule has 0 radical (unpaired) electrons. The van der Waals surface area contributed by atoms with Crippen molar-refractivity contribution < 1.29 is 22.0 Å². The average molecular weight is 375 g/mol. The van der Waals surface area contributed by atoms with Crippen molar-refractivity contribution in [3.05, 3.63) is 29.8 Å². The summed E-state index contributed by atoms with van der Waals surface area (Å²) in [5.74, 6) is -1.69. The second-order valence-electron chi connectivity index (χ2n) is 7.02. The molecule has 0 saturated carbocycles. The quantitative estimate of drug-likeness (QED) is 0.853. The number of carbonyl (C=O) groups excluding carboxylic acids is 1. The number of urea groups is 1. The van der Waals surface area contributed by atoms with E-state index in [1.807, 2.05) is 0 Å². The highest BCUT2D eigenvalue weighted by Gasteiger charge is 2.33. The van der Waals surface area contributed by atoms with Crippen molar-refractivity contribution in [3.63, 3.8) is 0 Å². The molecule has 1 fully saturated rings. The zero-order valence-corrected chi connectivity index (χ0v) is 15.3. The minimum absolute atomic E-state index is 0.265. The van der Waals surface area contributed by atoms with Crippen LogP contribution in [0.3, 0.4) is 0 Å². The summed E-state index contributed by atoms with van der Waals surface area (Å²) in [7, 11) is -3.46. The smallest absolute Gasteiger partial charge is 0.322 e. The maximum atomic E-state index is 13.6. The molecule has 0 unspecified atom stereocenters. The summed E-state index contributed by atoms with van der Waals surface area (Å²) >= 11 is 0. The fourth-order valence-corrected chi connectivity index (χ4v) is 3.43. The highest BCUT2D eigenvalue weighted by Crippen LogP contribution is 2.21. The molecule has 2 amide bonds. The second kappa shape index (κ2) is 7.25. The van der Waals surface area contributed by atoms with Gasteiger partial charge in [-0.3, -0.25) is 0 Å². The Balaban J connectivity index is 1.93. The number of hydrogen-bond acceptors (Lipinski definition) is 3. The van der Waals surface area contributed by atoms with E-state index in [9.17, 15) is 22.0 Å². The number of nitrogens with one attached hydrogen (secondary N) is 2. The first-order valence-corrected chi connectivity index (χ1v) is 9.51. The van der Waals surface area contributed by atoms with E-state index in [-0.39, 0.29) is 6.04 Å². The topological polar surface area (TPSA) is 78.5 Å². The lowest BCUT2D eigenvalue weighted by atomic mass is 10.1. The van der Waals surface area contributed by atoms with Crippen LogP contribution in [0.5, 0.6) is 0 Å². The molecule has 0 atom stereocenters. The van der Waals surface area contributed by atoms with Gasteiger partial charge in [0.1, 0.15) is 17.3 Å². The Hall–Kier alpha value is -1.74. The maximum absolute atomic E-state index is 13.6. The number of halogens is 2. The minimum Gasteiger partial charge on any atom is -0.324 e. The van der Waals surface area contributed by atoms with E-state index in [4.69, 9.17) is 0 Å². The van der Waals surface area contributed by atoms with Gasteiger partial charge in [0.25, 0.3) is 0 Å². The van der Waals surface area contributed by atoms with Gasteiger partial charge in [-0.05, 0) is 45.7 Å². The molecule has 6 nitrogen and oxygen atoms in total. The number of nitrogens with zero attached hydrogens (tertiary/aromatic N) is 1. The van der Waals surface area contributed by atoms with Crippen LogP contribution in [-0.2, 0) is 10.0 Å². The summed E-state index contributed by atoms with van der Waals surface area (Å²) in [4.78, 5) is 13.6. The first-order chi connectivity index (χ1) is 11.5. The standard InChI is InChI=1S/C16H23F2N3O3S/c1-16(2,3)25(23,24)20-11-7-9-21(10-8-11)15(22)19-14-12(17)5-4-6-13(14)18/h4-6,11,20H,7-10H2,1-3H3,(H,19,22). The summed E-state index contributed by atoms with van der Waals surface area (Å²) in [6, 6.07) is 2.46. The van der Waals surface area contributed by atoms with Gasteiger partial charge in [0.15, 0.2) is 0 Å². The lowest BCUT2D eigenvalue weighted by molar-refractivity contribution is 0.192. The van der Waals surface area contributed by atoms with Gasteiger partial charge < -0.3 is 10.2 Å². The third kappa shape index (κ3) is 4.66. The molecule has 0 aromatic heterocycles. The number of rotatable bonds is 3. The molecule has 1 aromatic rings. The van der Waals surface area contributed by atoms with Crippen LogP contribution >= 0.6 is 0 Å². The fourth-order valence-electron chi connectivity index (χ4n) is 2.40. The summed E-state index contributed by atoms with van der Waals surface area (Å²) in [5, 5.41) is 2.23. The second-order valence-corrected chi connectivity index (χ2v) is 9.49. The Bertz CT molecular complexity index is 719. The SMILES string of the molecule is CC(C)(C)S(=O)(=O)NC1CCN(C(=O)Nc2c(F)cccc2F)CC1. The number of likely N-dealkylation sites (tertiary alicyclic amines) is 1. The van der Waals surface area contributed by atoms with Crippen molar-refractivity contribution in [1.82, 2.24) is 9.62 Å². The highest BCUT2D eigenvalue weighted by atomic mass is 32.2. The van der Waals surface area contributed by atoms with Crippen LogP contribution in [0.4, 0.5) is 19.3 Å². The molecule has 0 aliphatic carbocycles. The minimum atomic E-state index is -3.46. The van der Waals surface area contributed by atoms with Gasteiger partial charge in [-0.15, -0.1) is 0 Å². The lowest BCUT2D eigenvalue weighted by Crippen LogP contribution is -2.50. The summed E-state index contributed by atoms with van der Waals surface area (Å²) in [6.45, 7) is 5.42. The number of anilines is 1. The van der Waals surface area contributed by atoms with Crippen LogP contribution in [0.25, 0.3) is 0 Å². The summed E-state index contributed by atoms with van der Waals surface area (Å²) in [6.07, 6.45) is 0.866. The number of sulfonamides is 1. The molecule has 140 valence electrons. The van der Waals surface area contributed by atoms with Crippen molar-refractivity contribution in [3.8, 4) is 0 Å². The third-order valence-corrected chi connectivity index (χ3v) is 6.36. The van der Waals surface area contributed by atoms with Crippen LogP contribution in [0.15, 0.2) is 18.2 Å². The molecule has 0 spiro atoms. The van der Waals surface area contributed by atoms with Crippen molar-refractivity contribution in [2.24, 2.45) is 0 Å². The van der Waals surface area contributed by atoms with Gasteiger partial charge in [-0.25, -0.2) is 26.7 Å². The molecule has 2 N–H and O–H groups in total. The molecule has 1 aromatic carbocycles. The average Bonchev–Trinajstić information content (AvgIpc) is 2.50. The van der Waals surface area contributed by atoms with E-state index < -0.39 is 38.1 Å². The Kier molecular flexibility index (Phi) is 5.68. The predicted molar refractivity (Wildman–Crippen MR) is 91.8 cm³/mol. The van der Waals surface area contributed by atoms with Gasteiger partial charge in [0.05, 0.1) is 4.75 Å². The predicted octanol–water partition coefficient (Wildman–Crippen LogP) is 2.68. The Morgan fingerprint density at radius 2 is 1.68 bits per heavy atom. The number of hydrogen-bond donors (Lipinski definition) is 2. The zero-order chi connectivity index (χ0) is 18.8. The van der Waals surface area contributed by atoms with Gasteiger partial charge in [0.2, 0.25) is 10.0 Å². The molecular weight excluding hydrogens is 352 g/mol. The van der Waals surface area contributed by atoms with Crippen LogP contribution in [0.1, 0.15) is 33.6 Å². The first kappa shape index (κ1) is 19.6. The van der Waals surface area contributed by atoms with E-state index in [0.29, 0.717) is 25.9 Å². The number of piperidine rings is 1.